The average molecular weight is 434 g/mol. The largest absolute Gasteiger partial charge is 0.495 e. The van der Waals surface area contributed by atoms with Gasteiger partial charge in [0.15, 0.2) is 0 Å². The zero-order chi connectivity index (χ0) is 21.1. The van der Waals surface area contributed by atoms with E-state index in [2.05, 4.69) is 22.0 Å². The summed E-state index contributed by atoms with van der Waals surface area (Å²) < 4.78 is 5.33. The van der Waals surface area contributed by atoms with Crippen LogP contribution in [0.5, 0.6) is 5.75 Å². The van der Waals surface area contributed by atoms with Crippen molar-refractivity contribution in [3.63, 3.8) is 0 Å². The van der Waals surface area contributed by atoms with E-state index in [4.69, 9.17) is 16.3 Å². The summed E-state index contributed by atoms with van der Waals surface area (Å²) in [5.41, 5.74) is 1.25. The minimum Gasteiger partial charge on any atom is -0.495 e. The summed E-state index contributed by atoms with van der Waals surface area (Å²) in [6.45, 7) is 6.39. The lowest BCUT2D eigenvalue weighted by atomic mass is 9.71. The van der Waals surface area contributed by atoms with E-state index in [9.17, 15) is 4.79 Å². The van der Waals surface area contributed by atoms with Gasteiger partial charge < -0.3 is 15.0 Å². The molecule has 1 aliphatic carbocycles. The number of likely N-dealkylation sites (tertiary alicyclic amines) is 1. The number of carbonyl (C=O) groups is 1. The van der Waals surface area contributed by atoms with Gasteiger partial charge in [-0.2, -0.15) is 0 Å². The molecule has 0 aromatic heterocycles. The van der Waals surface area contributed by atoms with Crippen LogP contribution in [-0.2, 0) is 11.2 Å². The summed E-state index contributed by atoms with van der Waals surface area (Å²) in [7, 11) is 1.61. The monoisotopic (exact) mass is 433 g/mol. The standard InChI is InChI=1S/C24H36ClN3O2/c1-3-28(23(29)16-18-7-8-19(25)22(15-18)30-2)20-9-11-24(10-4-5-12-26-24)17-21(20)27-13-6-14-27/h7-8,15,20-21,26H,3-6,9-14,16-17H2,1-2H3. The molecule has 6 heteroatoms. The molecule has 166 valence electrons. The number of nitrogens with zero attached hydrogens (tertiary/aromatic N) is 2. The van der Waals surface area contributed by atoms with E-state index in [-0.39, 0.29) is 5.91 Å². The first-order valence-corrected chi connectivity index (χ1v) is 12.0. The van der Waals surface area contributed by atoms with Gasteiger partial charge >= 0.3 is 0 Å². The smallest absolute Gasteiger partial charge is 0.227 e. The average Bonchev–Trinajstić information content (AvgIpc) is 2.71. The molecule has 1 aromatic carbocycles. The van der Waals surface area contributed by atoms with E-state index in [0.29, 0.717) is 34.8 Å². The molecule has 3 aliphatic rings. The maximum atomic E-state index is 13.4. The molecule has 2 saturated heterocycles. The summed E-state index contributed by atoms with van der Waals surface area (Å²) in [5, 5.41) is 4.46. The van der Waals surface area contributed by atoms with Crippen molar-refractivity contribution in [1.82, 2.24) is 15.1 Å². The fraction of sp³-hybridized carbons (Fsp3) is 0.708. The van der Waals surface area contributed by atoms with Gasteiger partial charge in [-0.05, 0) is 82.8 Å². The van der Waals surface area contributed by atoms with Crippen molar-refractivity contribution in [1.29, 1.82) is 0 Å². The van der Waals surface area contributed by atoms with E-state index in [1.807, 2.05) is 18.2 Å². The molecule has 3 unspecified atom stereocenters. The van der Waals surface area contributed by atoms with E-state index >= 15 is 0 Å². The first-order chi connectivity index (χ1) is 14.5. The number of hydrogen-bond acceptors (Lipinski definition) is 4. The molecule has 1 amide bonds. The van der Waals surface area contributed by atoms with Crippen LogP contribution in [0.2, 0.25) is 5.02 Å². The normalized spacial score (nSPS) is 29.4. The lowest BCUT2D eigenvalue weighted by Crippen LogP contribution is -2.65. The molecule has 1 N–H and O–H groups in total. The van der Waals surface area contributed by atoms with Gasteiger partial charge in [0.1, 0.15) is 5.75 Å². The van der Waals surface area contributed by atoms with Gasteiger partial charge in [0.05, 0.1) is 18.6 Å². The Morgan fingerprint density at radius 3 is 2.77 bits per heavy atom. The van der Waals surface area contributed by atoms with Crippen molar-refractivity contribution in [3.05, 3.63) is 28.8 Å². The number of methoxy groups -OCH3 is 1. The van der Waals surface area contributed by atoms with Crippen LogP contribution in [0.25, 0.3) is 0 Å². The lowest BCUT2D eigenvalue weighted by molar-refractivity contribution is -0.136. The van der Waals surface area contributed by atoms with Crippen LogP contribution in [0.3, 0.4) is 0 Å². The topological polar surface area (TPSA) is 44.8 Å². The van der Waals surface area contributed by atoms with Gasteiger partial charge in [-0.15, -0.1) is 0 Å². The highest BCUT2D eigenvalue weighted by molar-refractivity contribution is 6.32. The summed E-state index contributed by atoms with van der Waals surface area (Å²) in [5.74, 6) is 0.844. The van der Waals surface area contributed by atoms with Gasteiger partial charge in [0, 0.05) is 24.2 Å². The molecule has 0 bridgehead atoms. The van der Waals surface area contributed by atoms with Crippen molar-refractivity contribution in [2.75, 3.05) is 33.3 Å². The Bertz CT molecular complexity index is 746. The molecule has 1 saturated carbocycles. The third-order valence-corrected chi connectivity index (χ3v) is 7.85. The van der Waals surface area contributed by atoms with Gasteiger partial charge in [-0.3, -0.25) is 9.69 Å². The number of benzene rings is 1. The van der Waals surface area contributed by atoms with Crippen LogP contribution in [-0.4, -0.2) is 66.6 Å². The molecular weight excluding hydrogens is 398 g/mol. The van der Waals surface area contributed by atoms with Crippen LogP contribution < -0.4 is 10.1 Å². The predicted molar refractivity (Wildman–Crippen MR) is 121 cm³/mol. The molecule has 0 radical (unpaired) electrons. The highest BCUT2D eigenvalue weighted by atomic mass is 35.5. The van der Waals surface area contributed by atoms with Crippen LogP contribution in [0.15, 0.2) is 18.2 Å². The van der Waals surface area contributed by atoms with Crippen molar-refractivity contribution >= 4 is 17.5 Å². The van der Waals surface area contributed by atoms with Crippen molar-refractivity contribution < 1.29 is 9.53 Å². The van der Waals surface area contributed by atoms with E-state index in [0.717, 1.165) is 25.1 Å². The number of piperidine rings is 1. The van der Waals surface area contributed by atoms with E-state index in [1.165, 1.54) is 51.6 Å². The maximum Gasteiger partial charge on any atom is 0.227 e. The Morgan fingerprint density at radius 1 is 1.30 bits per heavy atom. The number of likely N-dealkylation sites (N-methyl/N-ethyl adjacent to an activating group) is 1. The fourth-order valence-electron chi connectivity index (χ4n) is 5.77. The molecule has 4 rings (SSSR count). The van der Waals surface area contributed by atoms with Gasteiger partial charge in [-0.25, -0.2) is 0 Å². The number of amides is 1. The number of rotatable bonds is 6. The molecule has 1 spiro atoms. The maximum absolute atomic E-state index is 13.4. The first kappa shape index (κ1) is 21.9. The second kappa shape index (κ2) is 9.46. The van der Waals surface area contributed by atoms with Crippen LogP contribution in [0.1, 0.15) is 57.4 Å². The summed E-state index contributed by atoms with van der Waals surface area (Å²) in [6, 6.07) is 6.43. The van der Waals surface area contributed by atoms with Crippen LogP contribution in [0.4, 0.5) is 0 Å². The zero-order valence-electron chi connectivity index (χ0n) is 18.5. The third kappa shape index (κ3) is 4.49. The van der Waals surface area contributed by atoms with E-state index < -0.39 is 0 Å². The highest BCUT2D eigenvalue weighted by Crippen LogP contribution is 2.40. The van der Waals surface area contributed by atoms with Crippen molar-refractivity contribution in [2.24, 2.45) is 0 Å². The summed E-state index contributed by atoms with van der Waals surface area (Å²) in [6.07, 6.45) is 9.05. The third-order valence-electron chi connectivity index (χ3n) is 7.54. The molecule has 2 aliphatic heterocycles. The molecular formula is C24H36ClN3O2. The first-order valence-electron chi connectivity index (χ1n) is 11.7. The van der Waals surface area contributed by atoms with Gasteiger partial charge in [-0.1, -0.05) is 24.1 Å². The van der Waals surface area contributed by atoms with Crippen molar-refractivity contribution in [3.8, 4) is 5.75 Å². The Kier molecular flexibility index (Phi) is 6.91. The minimum atomic E-state index is 0.213. The quantitative estimate of drug-likeness (QED) is 0.739. The number of halogens is 1. The molecule has 3 fully saturated rings. The van der Waals surface area contributed by atoms with Crippen LogP contribution in [0, 0.1) is 0 Å². The zero-order valence-corrected chi connectivity index (χ0v) is 19.2. The molecule has 1 aromatic rings. The fourth-order valence-corrected chi connectivity index (χ4v) is 5.96. The Labute approximate surface area is 186 Å². The predicted octanol–water partition coefficient (Wildman–Crippen LogP) is 3.88. The molecule has 30 heavy (non-hydrogen) atoms. The summed E-state index contributed by atoms with van der Waals surface area (Å²) >= 11 is 6.16. The molecule has 3 atom stereocenters. The van der Waals surface area contributed by atoms with Crippen molar-refractivity contribution in [2.45, 2.75) is 75.9 Å². The number of hydrogen-bond donors (Lipinski definition) is 1. The van der Waals surface area contributed by atoms with Gasteiger partial charge in [0.25, 0.3) is 0 Å². The van der Waals surface area contributed by atoms with E-state index in [1.54, 1.807) is 7.11 Å². The second-order valence-electron chi connectivity index (χ2n) is 9.26. The number of nitrogens with one attached hydrogen (secondary N) is 1. The molecule has 2 heterocycles. The Morgan fingerprint density at radius 2 is 2.13 bits per heavy atom. The molecule has 5 nitrogen and oxygen atoms in total. The lowest BCUT2D eigenvalue weighted by Gasteiger charge is -2.54. The van der Waals surface area contributed by atoms with Gasteiger partial charge in [0.2, 0.25) is 5.91 Å². The highest BCUT2D eigenvalue weighted by Gasteiger charge is 2.46. The Balaban J connectivity index is 1.49. The number of carbonyl (C=O) groups excluding carboxylic acids is 1. The summed E-state index contributed by atoms with van der Waals surface area (Å²) in [4.78, 5) is 18.2. The minimum absolute atomic E-state index is 0.213. The second-order valence-corrected chi connectivity index (χ2v) is 9.66. The van der Waals surface area contributed by atoms with Crippen LogP contribution >= 0.6 is 11.6 Å². The SMILES string of the molecule is CCN(C(=O)Cc1ccc(Cl)c(OC)c1)C1CCC2(CCCCN2)CC1N1CCC1. The Hall–Kier alpha value is -1.30. The number of ether oxygens (including phenoxy) is 1.